The highest BCUT2D eigenvalue weighted by atomic mass is 79.9. The molecule has 1 aromatic carbocycles. The minimum atomic E-state index is -2.60. The molecule has 2 rings (SSSR count). The molecule has 0 spiro atoms. The number of aromatic carboxylic acids is 1. The number of anilines is 2. The van der Waals surface area contributed by atoms with E-state index in [1.54, 1.807) is 12.1 Å². The number of thiophene rings is 1. The summed E-state index contributed by atoms with van der Waals surface area (Å²) in [6.07, 6.45) is 0. The number of carboxylic acids is 1. The third-order valence-corrected chi connectivity index (χ3v) is 4.78. The Morgan fingerprint density at radius 3 is 2.50 bits per heavy atom. The smallest absolute Gasteiger partial charge is 0.339 e. The summed E-state index contributed by atoms with van der Waals surface area (Å²) in [4.78, 5) is 10.8. The molecule has 0 bridgehead atoms. The number of phenols is 1. The van der Waals surface area contributed by atoms with E-state index in [0.29, 0.717) is 5.00 Å². The van der Waals surface area contributed by atoms with Crippen molar-refractivity contribution in [1.29, 1.82) is 0 Å². The topological polar surface area (TPSA) is 101 Å². The zero-order chi connectivity index (χ0) is 14.9. The van der Waals surface area contributed by atoms with E-state index >= 15 is 0 Å². The number of halogens is 1. The van der Waals surface area contributed by atoms with Gasteiger partial charge in [-0.1, -0.05) is 0 Å². The molecule has 0 aliphatic carbocycles. The van der Waals surface area contributed by atoms with Crippen LogP contribution >= 0.6 is 27.3 Å². The predicted octanol–water partition coefficient (Wildman–Crippen LogP) is 2.85. The second-order valence-electron chi connectivity index (χ2n) is 3.60. The molecule has 0 amide bonds. The highest BCUT2D eigenvalue weighted by Gasteiger charge is 2.16. The van der Waals surface area contributed by atoms with Crippen LogP contribution in [0.2, 0.25) is 0 Å². The minimum Gasteiger partial charge on any atom is -0.755 e. The molecule has 2 N–H and O–H groups in total. The molecule has 9 heteroatoms. The highest BCUT2D eigenvalue weighted by Crippen LogP contribution is 2.37. The Morgan fingerprint density at radius 1 is 1.35 bits per heavy atom. The Morgan fingerprint density at radius 2 is 2.05 bits per heavy atom. The maximum atomic E-state index is 11.4. The van der Waals surface area contributed by atoms with Gasteiger partial charge in [0.2, 0.25) is 0 Å². The summed E-state index contributed by atoms with van der Waals surface area (Å²) in [6, 6.07) is 6.83. The molecule has 1 heterocycles. The van der Waals surface area contributed by atoms with Gasteiger partial charge in [0.25, 0.3) is 0 Å². The van der Waals surface area contributed by atoms with Crippen LogP contribution in [-0.2, 0) is 11.3 Å². The number of aromatic hydroxyl groups is 1. The Balaban J connectivity index is 2.48. The molecule has 1 atom stereocenters. The van der Waals surface area contributed by atoms with Crippen molar-refractivity contribution in [1.82, 2.24) is 0 Å². The Bertz CT molecular complexity index is 687. The number of rotatable bonds is 4. The maximum absolute atomic E-state index is 11.4. The first-order valence-electron chi connectivity index (χ1n) is 5.11. The van der Waals surface area contributed by atoms with Crippen molar-refractivity contribution in [2.45, 2.75) is 0 Å². The molecule has 0 radical (unpaired) electrons. The van der Waals surface area contributed by atoms with Gasteiger partial charge in [-0.3, -0.25) is 8.51 Å². The van der Waals surface area contributed by atoms with E-state index in [2.05, 4.69) is 15.9 Å². The molecule has 106 valence electrons. The molecule has 1 aromatic heterocycles. The second-order valence-corrected chi connectivity index (χ2v) is 6.84. The zero-order valence-electron chi connectivity index (χ0n) is 9.65. The molecule has 0 saturated carbocycles. The lowest BCUT2D eigenvalue weighted by Crippen LogP contribution is -2.18. The third-order valence-electron chi connectivity index (χ3n) is 2.35. The molecule has 20 heavy (non-hydrogen) atoms. The molecule has 2 aromatic rings. The van der Waals surface area contributed by atoms with Gasteiger partial charge < -0.3 is 14.8 Å². The highest BCUT2D eigenvalue weighted by molar-refractivity contribution is 9.11. The van der Waals surface area contributed by atoms with E-state index in [9.17, 15) is 18.7 Å². The number of hydrogen-bond acceptors (Lipinski definition) is 5. The summed E-state index contributed by atoms with van der Waals surface area (Å²) >= 11 is 1.81. The molecule has 0 aliphatic heterocycles. The van der Waals surface area contributed by atoms with Gasteiger partial charge in [-0.25, -0.2) is 4.79 Å². The van der Waals surface area contributed by atoms with Crippen molar-refractivity contribution >= 4 is 55.2 Å². The van der Waals surface area contributed by atoms with Crippen molar-refractivity contribution in [2.75, 3.05) is 4.31 Å². The predicted molar refractivity (Wildman–Crippen MR) is 78.1 cm³/mol. The summed E-state index contributed by atoms with van der Waals surface area (Å²) in [5.41, 5.74) is -0.145. The van der Waals surface area contributed by atoms with E-state index in [4.69, 9.17) is 5.11 Å². The summed E-state index contributed by atoms with van der Waals surface area (Å²) in [5.74, 6) is -1.79. The van der Waals surface area contributed by atoms with Gasteiger partial charge in [0.1, 0.15) is 16.3 Å². The van der Waals surface area contributed by atoms with Crippen molar-refractivity contribution in [3.8, 4) is 5.75 Å². The summed E-state index contributed by atoms with van der Waals surface area (Å²) in [5, 5.41) is 18.9. The van der Waals surface area contributed by atoms with Crippen LogP contribution in [0.3, 0.4) is 0 Å². The summed E-state index contributed by atoms with van der Waals surface area (Å²) in [6.45, 7) is 0. The number of benzene rings is 1. The van der Waals surface area contributed by atoms with Crippen LogP contribution in [0.15, 0.2) is 34.1 Å². The second kappa shape index (κ2) is 5.92. The van der Waals surface area contributed by atoms with E-state index in [1.807, 2.05) is 0 Å². The fraction of sp³-hybridized carbons (Fsp3) is 0. The fourth-order valence-electron chi connectivity index (χ4n) is 1.53. The van der Waals surface area contributed by atoms with Gasteiger partial charge in [-0.2, -0.15) is 0 Å². The van der Waals surface area contributed by atoms with Crippen LogP contribution < -0.4 is 4.31 Å². The number of nitrogens with zero attached hydrogens (tertiary/aromatic N) is 1. The van der Waals surface area contributed by atoms with Crippen LogP contribution in [0.4, 0.5) is 10.7 Å². The molecular formula is C11H7BrNO5S2-. The number of carbonyl (C=O) groups is 1. The van der Waals surface area contributed by atoms with Crippen molar-refractivity contribution in [2.24, 2.45) is 0 Å². The van der Waals surface area contributed by atoms with E-state index < -0.39 is 23.0 Å². The lowest BCUT2D eigenvalue weighted by atomic mass is 10.2. The zero-order valence-corrected chi connectivity index (χ0v) is 12.9. The van der Waals surface area contributed by atoms with Crippen LogP contribution in [-0.4, -0.2) is 24.9 Å². The quantitative estimate of drug-likeness (QED) is 0.798. The first kappa shape index (κ1) is 15.0. The van der Waals surface area contributed by atoms with E-state index in [0.717, 1.165) is 20.2 Å². The normalized spacial score (nSPS) is 12.1. The van der Waals surface area contributed by atoms with Gasteiger partial charge in [-0.15, -0.1) is 11.3 Å². The first-order valence-corrected chi connectivity index (χ1v) is 7.75. The van der Waals surface area contributed by atoms with Gasteiger partial charge in [0.05, 0.1) is 20.7 Å². The van der Waals surface area contributed by atoms with Crippen LogP contribution in [0.25, 0.3) is 0 Å². The fourth-order valence-corrected chi connectivity index (χ4v) is 3.61. The third kappa shape index (κ3) is 3.01. The van der Waals surface area contributed by atoms with Gasteiger partial charge >= 0.3 is 5.97 Å². The van der Waals surface area contributed by atoms with E-state index in [1.165, 1.54) is 17.4 Å². The molecule has 0 fully saturated rings. The lowest BCUT2D eigenvalue weighted by Gasteiger charge is -2.24. The monoisotopic (exact) mass is 376 g/mol. The van der Waals surface area contributed by atoms with Crippen LogP contribution in [0, 0.1) is 0 Å². The number of hydrogen-bond donors (Lipinski definition) is 2. The maximum Gasteiger partial charge on any atom is 0.339 e. The Kier molecular flexibility index (Phi) is 4.43. The first-order chi connectivity index (χ1) is 9.40. The summed E-state index contributed by atoms with van der Waals surface area (Å²) in [7, 11) is 0. The molecular weight excluding hydrogens is 370 g/mol. The standard InChI is InChI=1S/C11H8BrNO5S2/c12-9-3-4-10(19-9)13(20(17)18)6-1-2-7(11(15)16)8(14)5-6/h1-5,14H,(H,15,16)(H,17,18)/p-1. The number of carboxylic acid groups (broad SMARTS) is 1. The molecule has 0 saturated heterocycles. The summed E-state index contributed by atoms with van der Waals surface area (Å²) < 4.78 is 24.4. The largest absolute Gasteiger partial charge is 0.755 e. The average Bonchev–Trinajstić information content (AvgIpc) is 2.75. The lowest BCUT2D eigenvalue weighted by molar-refractivity contribution is 0.0694. The average molecular weight is 377 g/mol. The van der Waals surface area contributed by atoms with Crippen molar-refractivity contribution in [3.63, 3.8) is 0 Å². The van der Waals surface area contributed by atoms with Crippen molar-refractivity contribution in [3.05, 3.63) is 39.7 Å². The van der Waals surface area contributed by atoms with Crippen molar-refractivity contribution < 1.29 is 23.8 Å². The van der Waals surface area contributed by atoms with Gasteiger partial charge in [0, 0.05) is 6.07 Å². The van der Waals surface area contributed by atoms with Gasteiger partial charge in [-0.05, 0) is 40.2 Å². The molecule has 0 aliphatic rings. The SMILES string of the molecule is O=C(O)c1ccc(N(c2ccc(Br)s2)S(=O)[O-])cc1O. The minimum absolute atomic E-state index is 0.148. The van der Waals surface area contributed by atoms with Crippen LogP contribution in [0.1, 0.15) is 10.4 Å². The van der Waals surface area contributed by atoms with Gasteiger partial charge in [0.15, 0.2) is 0 Å². The van der Waals surface area contributed by atoms with E-state index in [-0.39, 0.29) is 11.3 Å². The molecule has 6 nitrogen and oxygen atoms in total. The Hall–Kier alpha value is -1.42. The Labute approximate surface area is 128 Å². The van der Waals surface area contributed by atoms with Crippen LogP contribution in [0.5, 0.6) is 5.75 Å². The molecule has 1 unspecified atom stereocenters.